The predicted molar refractivity (Wildman–Crippen MR) is 129 cm³/mol. The normalized spacial score (nSPS) is 22.2. The molecule has 1 saturated carbocycles. The fraction of sp³-hybridized carbons (Fsp3) is 0.214. The van der Waals surface area contributed by atoms with Crippen LogP contribution in [0.25, 0.3) is 6.08 Å². The smallest absolute Gasteiger partial charge is 0.368 e. The molecular formula is C28H24N2O3. The van der Waals surface area contributed by atoms with E-state index in [-0.39, 0.29) is 0 Å². The van der Waals surface area contributed by atoms with Crippen molar-refractivity contribution in [3.8, 4) is 5.75 Å². The monoisotopic (exact) mass is 436 g/mol. The lowest BCUT2D eigenvalue weighted by atomic mass is 9.94. The van der Waals surface area contributed by atoms with E-state index in [1.807, 2.05) is 48.5 Å². The number of methoxy groups -OCH3 is 1. The first-order valence-electron chi connectivity index (χ1n) is 11.4. The van der Waals surface area contributed by atoms with Gasteiger partial charge in [-0.25, -0.2) is 4.79 Å². The molecule has 3 aliphatic rings. The number of ether oxygens (including phenoxy) is 1. The van der Waals surface area contributed by atoms with E-state index in [9.17, 15) is 4.79 Å². The molecule has 2 atom stereocenters. The summed E-state index contributed by atoms with van der Waals surface area (Å²) in [6.07, 6.45) is 5.40. The van der Waals surface area contributed by atoms with Gasteiger partial charge in [0.1, 0.15) is 11.5 Å². The molecule has 3 aromatic carbocycles. The number of para-hydroxylation sites is 1. The van der Waals surface area contributed by atoms with Crippen LogP contribution in [0.4, 0.5) is 11.4 Å². The molecule has 0 N–H and O–H groups in total. The molecule has 2 unspecified atom stereocenters. The molecule has 5 heteroatoms. The Bertz CT molecular complexity index is 1280. The molecule has 33 heavy (non-hydrogen) atoms. The zero-order valence-electron chi connectivity index (χ0n) is 18.4. The number of hydrogen-bond acceptors (Lipinski definition) is 5. The minimum atomic E-state index is -0.432. The summed E-state index contributed by atoms with van der Waals surface area (Å²) in [5.41, 5.74) is 6.42. The van der Waals surface area contributed by atoms with Crippen molar-refractivity contribution in [1.29, 1.82) is 0 Å². The fourth-order valence-electron chi connectivity index (χ4n) is 5.50. The van der Waals surface area contributed by atoms with Crippen LogP contribution in [0.3, 0.4) is 0 Å². The van der Waals surface area contributed by atoms with E-state index >= 15 is 0 Å². The van der Waals surface area contributed by atoms with Crippen molar-refractivity contribution >= 4 is 29.1 Å². The Hall–Kier alpha value is -3.86. The van der Waals surface area contributed by atoms with Crippen LogP contribution in [0.5, 0.6) is 5.75 Å². The minimum Gasteiger partial charge on any atom is -0.495 e. The number of hydrogen-bond donors (Lipinski definition) is 0. The van der Waals surface area contributed by atoms with Crippen LogP contribution in [0.15, 0.2) is 83.5 Å². The summed E-state index contributed by atoms with van der Waals surface area (Å²) in [4.78, 5) is 20.0. The number of oxime groups is 1. The average Bonchev–Trinajstić information content (AvgIpc) is 3.55. The standard InChI is InChI=1S/C28H24N2O3/c1-32-25-17-18(16-23-26(29-33-28(23)31)19-9-4-2-5-10-19)15-22-21-13-8-14-24(21)30(27(22)25)20-11-6-3-7-12-20/h2-7,9-12,15-17,21,24H,8,13-14H2,1H3. The van der Waals surface area contributed by atoms with Gasteiger partial charge >= 0.3 is 5.97 Å². The van der Waals surface area contributed by atoms with Crippen molar-refractivity contribution in [3.63, 3.8) is 0 Å². The van der Waals surface area contributed by atoms with Gasteiger partial charge in [0.25, 0.3) is 0 Å². The van der Waals surface area contributed by atoms with E-state index < -0.39 is 5.97 Å². The summed E-state index contributed by atoms with van der Waals surface area (Å²) < 4.78 is 5.90. The molecule has 5 nitrogen and oxygen atoms in total. The van der Waals surface area contributed by atoms with Crippen LogP contribution in [0.1, 0.15) is 41.9 Å². The van der Waals surface area contributed by atoms with Gasteiger partial charge in [-0.15, -0.1) is 0 Å². The maximum absolute atomic E-state index is 12.5. The van der Waals surface area contributed by atoms with Crippen molar-refractivity contribution in [2.75, 3.05) is 12.0 Å². The van der Waals surface area contributed by atoms with Crippen LogP contribution in [-0.4, -0.2) is 24.8 Å². The molecule has 164 valence electrons. The summed E-state index contributed by atoms with van der Waals surface area (Å²) in [5, 5.41) is 4.04. The summed E-state index contributed by atoms with van der Waals surface area (Å²) in [6.45, 7) is 0. The van der Waals surface area contributed by atoms with Crippen molar-refractivity contribution in [1.82, 2.24) is 0 Å². The lowest BCUT2D eigenvalue weighted by Gasteiger charge is -2.28. The van der Waals surface area contributed by atoms with Gasteiger partial charge in [0.2, 0.25) is 0 Å². The van der Waals surface area contributed by atoms with Crippen LogP contribution in [-0.2, 0) is 9.63 Å². The summed E-state index contributed by atoms with van der Waals surface area (Å²) >= 11 is 0. The molecule has 3 aromatic rings. The molecule has 2 heterocycles. The minimum absolute atomic E-state index is 0.428. The number of rotatable bonds is 4. The maximum Gasteiger partial charge on any atom is 0.368 e. The SMILES string of the molecule is COc1cc(C=C2C(=O)ON=C2c2ccccc2)cc2c1N(c1ccccc1)C1CCCC21. The van der Waals surface area contributed by atoms with Gasteiger partial charge in [0.15, 0.2) is 0 Å². The Kier molecular flexibility index (Phi) is 4.75. The maximum atomic E-state index is 12.5. The highest BCUT2D eigenvalue weighted by Crippen LogP contribution is 2.55. The average molecular weight is 437 g/mol. The predicted octanol–water partition coefficient (Wildman–Crippen LogP) is 5.83. The Balaban J connectivity index is 1.47. The molecular weight excluding hydrogens is 412 g/mol. The Morgan fingerprint density at radius 1 is 1.03 bits per heavy atom. The highest BCUT2D eigenvalue weighted by atomic mass is 16.7. The zero-order chi connectivity index (χ0) is 22.4. The van der Waals surface area contributed by atoms with Crippen molar-refractivity contribution in [2.24, 2.45) is 5.16 Å². The second-order valence-electron chi connectivity index (χ2n) is 8.71. The van der Waals surface area contributed by atoms with Crippen molar-refractivity contribution in [2.45, 2.75) is 31.2 Å². The van der Waals surface area contributed by atoms with Crippen LogP contribution in [0, 0.1) is 0 Å². The summed E-state index contributed by atoms with van der Waals surface area (Å²) in [5.74, 6) is 0.838. The second-order valence-corrected chi connectivity index (χ2v) is 8.71. The second kappa shape index (κ2) is 7.93. The molecule has 1 aliphatic carbocycles. The number of carbonyl (C=O) groups is 1. The van der Waals surface area contributed by atoms with Gasteiger partial charge < -0.3 is 14.5 Å². The summed E-state index contributed by atoms with van der Waals surface area (Å²) in [7, 11) is 1.71. The van der Waals surface area contributed by atoms with E-state index in [1.165, 1.54) is 17.7 Å². The third kappa shape index (κ3) is 3.23. The van der Waals surface area contributed by atoms with E-state index in [4.69, 9.17) is 9.57 Å². The molecule has 6 rings (SSSR count). The molecule has 0 amide bonds. The van der Waals surface area contributed by atoms with Gasteiger partial charge in [-0.2, -0.15) is 0 Å². The molecule has 2 aliphatic heterocycles. The van der Waals surface area contributed by atoms with E-state index in [2.05, 4.69) is 40.4 Å². The Morgan fingerprint density at radius 3 is 2.55 bits per heavy atom. The molecule has 0 aromatic heterocycles. The molecule has 1 fully saturated rings. The van der Waals surface area contributed by atoms with E-state index in [0.29, 0.717) is 23.2 Å². The zero-order valence-corrected chi connectivity index (χ0v) is 18.4. The van der Waals surface area contributed by atoms with Crippen molar-refractivity contribution < 1.29 is 14.4 Å². The van der Waals surface area contributed by atoms with Gasteiger partial charge in [-0.05, 0) is 54.3 Å². The van der Waals surface area contributed by atoms with Crippen LogP contribution >= 0.6 is 0 Å². The van der Waals surface area contributed by atoms with Crippen LogP contribution < -0.4 is 9.64 Å². The van der Waals surface area contributed by atoms with Gasteiger partial charge in [0, 0.05) is 23.2 Å². The lowest BCUT2D eigenvalue weighted by Crippen LogP contribution is -2.26. The number of carbonyl (C=O) groups excluding carboxylic acids is 1. The first kappa shape index (κ1) is 19.8. The largest absolute Gasteiger partial charge is 0.495 e. The number of fused-ring (bicyclic) bond motifs is 3. The number of anilines is 2. The molecule has 0 saturated heterocycles. The fourth-order valence-corrected chi connectivity index (χ4v) is 5.50. The topological polar surface area (TPSA) is 51.1 Å². The van der Waals surface area contributed by atoms with E-state index in [0.717, 1.165) is 35.4 Å². The third-order valence-corrected chi connectivity index (χ3v) is 6.89. The van der Waals surface area contributed by atoms with Crippen LogP contribution in [0.2, 0.25) is 0 Å². The van der Waals surface area contributed by atoms with Crippen molar-refractivity contribution in [3.05, 3.63) is 95.1 Å². The summed E-state index contributed by atoms with van der Waals surface area (Å²) in [6, 6.07) is 24.8. The number of benzene rings is 3. The van der Waals surface area contributed by atoms with Gasteiger partial charge in [0.05, 0.1) is 18.4 Å². The first-order chi connectivity index (χ1) is 16.2. The lowest BCUT2D eigenvalue weighted by molar-refractivity contribution is -0.136. The Morgan fingerprint density at radius 2 is 1.79 bits per heavy atom. The highest BCUT2D eigenvalue weighted by molar-refractivity contribution is 6.31. The number of nitrogens with zero attached hydrogens (tertiary/aromatic N) is 2. The first-order valence-corrected chi connectivity index (χ1v) is 11.4. The Labute approximate surface area is 192 Å². The van der Waals surface area contributed by atoms with Gasteiger partial charge in [-0.3, -0.25) is 0 Å². The molecule has 0 bridgehead atoms. The quantitative estimate of drug-likeness (QED) is 0.382. The molecule has 0 spiro atoms. The third-order valence-electron chi connectivity index (χ3n) is 6.89. The van der Waals surface area contributed by atoms with Gasteiger partial charge in [-0.1, -0.05) is 60.1 Å². The van der Waals surface area contributed by atoms with E-state index in [1.54, 1.807) is 7.11 Å². The molecule has 0 radical (unpaired) electrons. The highest BCUT2D eigenvalue weighted by Gasteiger charge is 2.44.